The van der Waals surface area contributed by atoms with Crippen LogP contribution in [0, 0.1) is 5.82 Å². The van der Waals surface area contributed by atoms with Crippen LogP contribution in [-0.4, -0.2) is 26.8 Å². The number of nitrogens with zero attached hydrogens (tertiary/aromatic N) is 1. The Labute approximate surface area is 163 Å². The van der Waals surface area contributed by atoms with Gasteiger partial charge in [-0.05, 0) is 42.0 Å². The number of hydrogen-bond donors (Lipinski definition) is 3. The van der Waals surface area contributed by atoms with Gasteiger partial charge in [0.05, 0.1) is 18.2 Å². The van der Waals surface area contributed by atoms with Crippen LogP contribution >= 0.6 is 11.6 Å². The first-order valence-electron chi connectivity index (χ1n) is 8.19. The van der Waals surface area contributed by atoms with Crippen LogP contribution in [0.1, 0.15) is 28.5 Å². The van der Waals surface area contributed by atoms with Crippen LogP contribution < -0.4 is 10.9 Å². The van der Waals surface area contributed by atoms with Crippen molar-refractivity contribution in [3.8, 4) is 5.69 Å². The number of hydrogen-bond acceptors (Lipinski definition) is 3. The largest absolute Gasteiger partial charge is 0.481 e. The average Bonchev–Trinajstić information content (AvgIpc) is 3.03. The third kappa shape index (κ3) is 4.47. The van der Waals surface area contributed by atoms with Crippen molar-refractivity contribution >= 4 is 23.5 Å². The lowest BCUT2D eigenvalue weighted by atomic mass is 10.0. The van der Waals surface area contributed by atoms with Gasteiger partial charge in [-0.2, -0.15) is 0 Å². The van der Waals surface area contributed by atoms with Crippen molar-refractivity contribution in [3.63, 3.8) is 0 Å². The van der Waals surface area contributed by atoms with E-state index in [1.54, 1.807) is 24.3 Å². The number of amides is 1. The third-order valence-corrected chi connectivity index (χ3v) is 4.24. The number of halogens is 2. The molecule has 2 aromatic carbocycles. The average molecular weight is 404 g/mol. The minimum Gasteiger partial charge on any atom is -0.481 e. The van der Waals surface area contributed by atoms with E-state index in [0.29, 0.717) is 16.3 Å². The Morgan fingerprint density at radius 3 is 2.54 bits per heavy atom. The van der Waals surface area contributed by atoms with Crippen LogP contribution in [0.15, 0.2) is 59.4 Å². The van der Waals surface area contributed by atoms with Crippen molar-refractivity contribution in [2.24, 2.45) is 0 Å². The Hall–Kier alpha value is -3.39. The number of rotatable bonds is 6. The summed E-state index contributed by atoms with van der Waals surface area (Å²) in [6, 6.07) is 11.8. The number of carbonyl (C=O) groups excluding carboxylic acids is 1. The SMILES string of the molecule is O=C(O)C[C@H](NC(=O)c1cc(=O)n(-c2ccc(Cl)cc2)[nH]1)c1cccc(F)c1. The lowest BCUT2D eigenvalue weighted by molar-refractivity contribution is -0.137. The van der Waals surface area contributed by atoms with Crippen molar-refractivity contribution in [2.75, 3.05) is 0 Å². The van der Waals surface area contributed by atoms with Gasteiger partial charge in [0.2, 0.25) is 0 Å². The van der Waals surface area contributed by atoms with Gasteiger partial charge in [-0.3, -0.25) is 19.5 Å². The summed E-state index contributed by atoms with van der Waals surface area (Å²) in [5.41, 5.74) is 0.232. The molecule has 0 fully saturated rings. The highest BCUT2D eigenvalue weighted by molar-refractivity contribution is 6.30. The highest BCUT2D eigenvalue weighted by Gasteiger charge is 2.21. The number of H-pyrrole nitrogens is 1. The lowest BCUT2D eigenvalue weighted by Gasteiger charge is -2.17. The predicted molar refractivity (Wildman–Crippen MR) is 100 cm³/mol. The van der Waals surface area contributed by atoms with Crippen molar-refractivity contribution < 1.29 is 19.1 Å². The van der Waals surface area contributed by atoms with Crippen LogP contribution in [0.2, 0.25) is 5.02 Å². The van der Waals surface area contributed by atoms with E-state index in [4.69, 9.17) is 16.7 Å². The normalized spacial score (nSPS) is 11.8. The molecule has 1 heterocycles. The molecule has 0 aliphatic heterocycles. The molecule has 1 aromatic heterocycles. The fourth-order valence-electron chi connectivity index (χ4n) is 2.68. The summed E-state index contributed by atoms with van der Waals surface area (Å²) in [4.78, 5) is 35.9. The molecular weight excluding hydrogens is 389 g/mol. The van der Waals surface area contributed by atoms with E-state index in [-0.39, 0.29) is 5.69 Å². The summed E-state index contributed by atoms with van der Waals surface area (Å²) >= 11 is 5.83. The van der Waals surface area contributed by atoms with Gasteiger partial charge in [-0.1, -0.05) is 23.7 Å². The van der Waals surface area contributed by atoms with Gasteiger partial charge in [0.25, 0.3) is 11.5 Å². The second kappa shape index (κ2) is 8.10. The molecular formula is C19H15ClFN3O4. The summed E-state index contributed by atoms with van der Waals surface area (Å²) < 4.78 is 14.6. The summed E-state index contributed by atoms with van der Waals surface area (Å²) in [6.07, 6.45) is -0.447. The number of aromatic nitrogens is 2. The summed E-state index contributed by atoms with van der Waals surface area (Å²) in [7, 11) is 0. The third-order valence-electron chi connectivity index (χ3n) is 3.99. The number of carbonyl (C=O) groups is 2. The van der Waals surface area contributed by atoms with Crippen molar-refractivity contribution in [3.05, 3.63) is 87.0 Å². The molecule has 0 aliphatic rings. The van der Waals surface area contributed by atoms with Crippen LogP contribution in [0.3, 0.4) is 0 Å². The van der Waals surface area contributed by atoms with E-state index in [1.165, 1.54) is 18.2 Å². The topological polar surface area (TPSA) is 104 Å². The first-order chi connectivity index (χ1) is 13.3. The Balaban J connectivity index is 1.86. The molecule has 0 unspecified atom stereocenters. The molecule has 0 bridgehead atoms. The smallest absolute Gasteiger partial charge is 0.305 e. The first-order valence-corrected chi connectivity index (χ1v) is 8.57. The zero-order valence-electron chi connectivity index (χ0n) is 14.4. The quantitative estimate of drug-likeness (QED) is 0.588. The maximum Gasteiger partial charge on any atom is 0.305 e. The molecule has 0 spiro atoms. The van der Waals surface area contributed by atoms with Crippen molar-refractivity contribution in [1.82, 2.24) is 15.1 Å². The minimum atomic E-state index is -1.17. The highest BCUT2D eigenvalue weighted by atomic mass is 35.5. The van der Waals surface area contributed by atoms with Gasteiger partial charge in [0.15, 0.2) is 0 Å². The number of carboxylic acid groups (broad SMARTS) is 1. The zero-order valence-corrected chi connectivity index (χ0v) is 15.1. The van der Waals surface area contributed by atoms with Crippen LogP contribution in [-0.2, 0) is 4.79 Å². The maximum atomic E-state index is 13.5. The monoisotopic (exact) mass is 403 g/mol. The zero-order chi connectivity index (χ0) is 20.3. The lowest BCUT2D eigenvalue weighted by Crippen LogP contribution is -2.30. The molecule has 0 saturated heterocycles. The van der Waals surface area contributed by atoms with E-state index in [2.05, 4.69) is 10.4 Å². The second-order valence-electron chi connectivity index (χ2n) is 6.00. The minimum absolute atomic E-state index is 0.0632. The number of carboxylic acids is 1. The molecule has 0 saturated carbocycles. The fourth-order valence-corrected chi connectivity index (χ4v) is 2.81. The summed E-state index contributed by atoms with van der Waals surface area (Å²) in [6.45, 7) is 0. The molecule has 1 amide bonds. The number of benzene rings is 2. The molecule has 0 aliphatic carbocycles. The Kier molecular flexibility index (Phi) is 5.60. The first kappa shape index (κ1) is 19.4. The number of aromatic amines is 1. The number of nitrogens with one attached hydrogen (secondary N) is 2. The molecule has 1 atom stereocenters. The van der Waals surface area contributed by atoms with E-state index in [9.17, 15) is 18.8 Å². The van der Waals surface area contributed by atoms with Gasteiger partial charge < -0.3 is 10.4 Å². The fraction of sp³-hybridized carbons (Fsp3) is 0.105. The van der Waals surface area contributed by atoms with E-state index < -0.39 is 35.7 Å². The standard InChI is InChI=1S/C19H15ClFN3O4/c20-12-4-6-14(7-5-12)24-17(25)9-16(23-24)19(28)22-15(10-18(26)27)11-2-1-3-13(21)8-11/h1-9,15,23H,10H2,(H,22,28)(H,26,27)/t15-/m0/s1. The van der Waals surface area contributed by atoms with Gasteiger partial charge in [-0.25, -0.2) is 9.07 Å². The van der Waals surface area contributed by atoms with Crippen molar-refractivity contribution in [2.45, 2.75) is 12.5 Å². The maximum absolute atomic E-state index is 13.5. The van der Waals surface area contributed by atoms with Gasteiger partial charge in [0, 0.05) is 11.1 Å². The Bertz CT molecular complexity index is 1080. The van der Waals surface area contributed by atoms with Crippen LogP contribution in [0.4, 0.5) is 4.39 Å². The second-order valence-corrected chi connectivity index (χ2v) is 6.44. The summed E-state index contributed by atoms with van der Waals surface area (Å²) in [5, 5.41) is 14.8. The van der Waals surface area contributed by atoms with Crippen molar-refractivity contribution in [1.29, 1.82) is 0 Å². The van der Waals surface area contributed by atoms with E-state index >= 15 is 0 Å². The molecule has 3 rings (SSSR count). The van der Waals surface area contributed by atoms with Gasteiger partial charge in [0.1, 0.15) is 11.5 Å². The van der Waals surface area contributed by atoms with E-state index in [0.717, 1.165) is 16.8 Å². The number of aliphatic carboxylic acids is 1. The van der Waals surface area contributed by atoms with Gasteiger partial charge in [-0.15, -0.1) is 0 Å². The van der Waals surface area contributed by atoms with Crippen LogP contribution in [0.25, 0.3) is 5.69 Å². The predicted octanol–water partition coefficient (Wildman–Crippen LogP) is 2.90. The molecule has 144 valence electrons. The van der Waals surface area contributed by atoms with Crippen LogP contribution in [0.5, 0.6) is 0 Å². The molecule has 3 N–H and O–H groups in total. The van der Waals surface area contributed by atoms with Gasteiger partial charge >= 0.3 is 5.97 Å². The molecule has 3 aromatic rings. The molecule has 7 nitrogen and oxygen atoms in total. The molecule has 28 heavy (non-hydrogen) atoms. The Morgan fingerprint density at radius 1 is 1.18 bits per heavy atom. The Morgan fingerprint density at radius 2 is 1.89 bits per heavy atom. The summed E-state index contributed by atoms with van der Waals surface area (Å²) in [5.74, 6) is -2.41. The highest BCUT2D eigenvalue weighted by Crippen LogP contribution is 2.19. The molecule has 9 heteroatoms. The van der Waals surface area contributed by atoms with E-state index in [1.807, 2.05) is 0 Å². The molecule has 0 radical (unpaired) electrons.